The number of nitrogens with one attached hydrogen (secondary N) is 1. The lowest BCUT2D eigenvalue weighted by molar-refractivity contribution is -0.137. The predicted molar refractivity (Wildman–Crippen MR) is 80.0 cm³/mol. The number of hydrogen-bond acceptors (Lipinski definition) is 6. The molecule has 0 amide bonds. The lowest BCUT2D eigenvalue weighted by Gasteiger charge is -2.09. The number of carboxylic acid groups (broad SMARTS) is 1. The largest absolute Gasteiger partial charge is 0.481 e. The zero-order chi connectivity index (χ0) is 15.1. The second-order valence-electron chi connectivity index (χ2n) is 5.03. The molecule has 2 aromatic rings. The molecule has 2 rings (SSSR count). The number of nitrogens with zero attached hydrogens (tertiary/aromatic N) is 2. The molecule has 7 heteroatoms. The first-order chi connectivity index (χ1) is 10.1. The molecule has 0 aliphatic carbocycles. The van der Waals surface area contributed by atoms with Crippen LogP contribution in [-0.4, -0.2) is 27.8 Å². The third-order valence-electron chi connectivity index (χ3n) is 3.18. The van der Waals surface area contributed by atoms with Crippen molar-refractivity contribution in [2.45, 2.75) is 32.7 Å². The lowest BCUT2D eigenvalue weighted by atomic mass is 10.0. The van der Waals surface area contributed by atoms with Crippen LogP contribution in [0.4, 0.5) is 0 Å². The maximum Gasteiger partial charge on any atom is 0.303 e. The van der Waals surface area contributed by atoms with E-state index in [9.17, 15) is 4.79 Å². The Morgan fingerprint density at radius 3 is 3.10 bits per heavy atom. The van der Waals surface area contributed by atoms with Crippen LogP contribution in [0, 0.1) is 5.92 Å². The Morgan fingerprint density at radius 1 is 1.52 bits per heavy atom. The standard InChI is InChI=1S/C14H19N3O3S/c1-10(2-3-13(18)19)4-6-15-8-12-16-14(20-17-12)11-5-7-21-9-11/h5,7,9-10,15H,2-4,6,8H2,1H3,(H,18,19). The predicted octanol–water partition coefficient (Wildman–Crippen LogP) is 2.78. The van der Waals surface area contributed by atoms with Crippen molar-refractivity contribution in [1.82, 2.24) is 15.5 Å². The van der Waals surface area contributed by atoms with Gasteiger partial charge in [-0.1, -0.05) is 12.1 Å². The van der Waals surface area contributed by atoms with Gasteiger partial charge in [0.25, 0.3) is 5.89 Å². The van der Waals surface area contributed by atoms with Crippen LogP contribution in [0.15, 0.2) is 21.3 Å². The molecular formula is C14H19N3O3S. The van der Waals surface area contributed by atoms with E-state index in [2.05, 4.69) is 22.4 Å². The molecule has 6 nitrogen and oxygen atoms in total. The summed E-state index contributed by atoms with van der Waals surface area (Å²) in [5, 5.41) is 19.7. The minimum absolute atomic E-state index is 0.232. The summed E-state index contributed by atoms with van der Waals surface area (Å²) in [5.74, 6) is 0.833. The van der Waals surface area contributed by atoms with Crippen molar-refractivity contribution in [3.63, 3.8) is 0 Å². The van der Waals surface area contributed by atoms with Gasteiger partial charge in [0.1, 0.15) is 0 Å². The van der Waals surface area contributed by atoms with Gasteiger partial charge in [0, 0.05) is 11.8 Å². The van der Waals surface area contributed by atoms with Gasteiger partial charge >= 0.3 is 5.97 Å². The quantitative estimate of drug-likeness (QED) is 0.692. The van der Waals surface area contributed by atoms with Crippen LogP contribution in [0.1, 0.15) is 32.0 Å². The summed E-state index contributed by atoms with van der Waals surface area (Å²) in [6.07, 6.45) is 1.88. The summed E-state index contributed by atoms with van der Waals surface area (Å²) in [6, 6.07) is 1.94. The molecule has 2 N–H and O–H groups in total. The number of carboxylic acids is 1. The van der Waals surface area contributed by atoms with Crippen molar-refractivity contribution in [2.75, 3.05) is 6.54 Å². The lowest BCUT2D eigenvalue weighted by Crippen LogP contribution is -2.18. The molecule has 0 bridgehead atoms. The highest BCUT2D eigenvalue weighted by Gasteiger charge is 2.09. The first kappa shape index (κ1) is 15.7. The van der Waals surface area contributed by atoms with Crippen LogP contribution < -0.4 is 5.32 Å². The summed E-state index contributed by atoms with van der Waals surface area (Å²) in [7, 11) is 0. The van der Waals surface area contributed by atoms with Crippen LogP contribution in [0.5, 0.6) is 0 Å². The molecular weight excluding hydrogens is 290 g/mol. The fourth-order valence-electron chi connectivity index (χ4n) is 1.89. The van der Waals surface area contributed by atoms with Crippen molar-refractivity contribution in [3.8, 4) is 11.5 Å². The van der Waals surface area contributed by atoms with Crippen molar-refractivity contribution >= 4 is 17.3 Å². The van der Waals surface area contributed by atoms with Crippen LogP contribution in [0.2, 0.25) is 0 Å². The maximum absolute atomic E-state index is 10.5. The van der Waals surface area contributed by atoms with Gasteiger partial charge in [-0.2, -0.15) is 16.3 Å². The minimum Gasteiger partial charge on any atom is -0.481 e. The highest BCUT2D eigenvalue weighted by atomic mass is 32.1. The molecule has 114 valence electrons. The molecule has 0 aromatic carbocycles. The fraction of sp³-hybridized carbons (Fsp3) is 0.500. The number of aliphatic carboxylic acids is 1. The van der Waals surface area contributed by atoms with Crippen LogP contribution >= 0.6 is 11.3 Å². The van der Waals surface area contributed by atoms with Crippen LogP contribution in [-0.2, 0) is 11.3 Å². The van der Waals surface area contributed by atoms with E-state index in [4.69, 9.17) is 9.63 Å². The maximum atomic E-state index is 10.5. The van der Waals surface area contributed by atoms with Gasteiger partial charge in [0.15, 0.2) is 5.82 Å². The Bertz CT molecular complexity index is 554. The Kier molecular flexibility index (Phi) is 5.89. The van der Waals surface area contributed by atoms with Crippen LogP contribution in [0.25, 0.3) is 11.5 Å². The van der Waals surface area contributed by atoms with E-state index in [0.29, 0.717) is 30.6 Å². The van der Waals surface area contributed by atoms with E-state index >= 15 is 0 Å². The third kappa shape index (κ3) is 5.28. The minimum atomic E-state index is -0.734. The number of rotatable bonds is 9. The van der Waals surface area contributed by atoms with Gasteiger partial charge in [0.2, 0.25) is 0 Å². The number of thiophene rings is 1. The molecule has 0 spiro atoms. The molecule has 1 atom stereocenters. The molecule has 0 saturated heterocycles. The first-order valence-corrected chi connectivity index (χ1v) is 7.87. The highest BCUT2D eigenvalue weighted by molar-refractivity contribution is 7.08. The average molecular weight is 309 g/mol. The first-order valence-electron chi connectivity index (χ1n) is 6.93. The Labute approximate surface area is 127 Å². The van der Waals surface area contributed by atoms with Crippen molar-refractivity contribution in [1.29, 1.82) is 0 Å². The zero-order valence-corrected chi connectivity index (χ0v) is 12.7. The zero-order valence-electron chi connectivity index (χ0n) is 11.9. The normalized spacial score (nSPS) is 12.4. The summed E-state index contributed by atoms with van der Waals surface area (Å²) in [5.41, 5.74) is 0.945. The summed E-state index contributed by atoms with van der Waals surface area (Å²) in [4.78, 5) is 14.8. The van der Waals surface area contributed by atoms with Crippen molar-refractivity contribution in [3.05, 3.63) is 22.7 Å². The fourth-order valence-corrected chi connectivity index (χ4v) is 2.52. The Morgan fingerprint density at radius 2 is 2.38 bits per heavy atom. The second-order valence-corrected chi connectivity index (χ2v) is 5.81. The van der Waals surface area contributed by atoms with Gasteiger partial charge in [-0.05, 0) is 36.8 Å². The number of carbonyl (C=O) groups is 1. The number of aromatic nitrogens is 2. The van der Waals surface area contributed by atoms with E-state index < -0.39 is 5.97 Å². The van der Waals surface area contributed by atoms with Gasteiger partial charge in [-0.25, -0.2) is 0 Å². The molecule has 0 saturated carbocycles. The average Bonchev–Trinajstić information content (AvgIpc) is 3.11. The van der Waals surface area contributed by atoms with Crippen molar-refractivity contribution < 1.29 is 14.4 Å². The van der Waals surface area contributed by atoms with Gasteiger partial charge in [-0.3, -0.25) is 4.79 Å². The van der Waals surface area contributed by atoms with E-state index in [1.807, 2.05) is 16.8 Å². The summed E-state index contributed by atoms with van der Waals surface area (Å²) in [6.45, 7) is 3.43. The molecule has 0 aliphatic rings. The monoisotopic (exact) mass is 309 g/mol. The van der Waals surface area contributed by atoms with E-state index in [1.54, 1.807) is 11.3 Å². The van der Waals surface area contributed by atoms with Crippen molar-refractivity contribution in [2.24, 2.45) is 5.92 Å². The van der Waals surface area contributed by atoms with E-state index in [1.165, 1.54) is 0 Å². The summed E-state index contributed by atoms with van der Waals surface area (Å²) >= 11 is 1.59. The Balaban J connectivity index is 1.66. The van der Waals surface area contributed by atoms with E-state index in [0.717, 1.165) is 18.5 Å². The van der Waals surface area contributed by atoms with Gasteiger partial charge in [-0.15, -0.1) is 0 Å². The molecule has 1 unspecified atom stereocenters. The van der Waals surface area contributed by atoms with Crippen LogP contribution in [0.3, 0.4) is 0 Å². The number of hydrogen-bond donors (Lipinski definition) is 2. The SMILES string of the molecule is CC(CCNCc1noc(-c2ccsc2)n1)CCC(=O)O. The molecule has 2 aromatic heterocycles. The molecule has 0 fully saturated rings. The van der Waals surface area contributed by atoms with Gasteiger partial charge in [0.05, 0.1) is 12.1 Å². The summed E-state index contributed by atoms with van der Waals surface area (Å²) < 4.78 is 5.19. The molecule has 0 radical (unpaired) electrons. The highest BCUT2D eigenvalue weighted by Crippen LogP contribution is 2.19. The topological polar surface area (TPSA) is 88.3 Å². The van der Waals surface area contributed by atoms with Gasteiger partial charge < -0.3 is 14.9 Å². The third-order valence-corrected chi connectivity index (χ3v) is 3.87. The second kappa shape index (κ2) is 7.90. The molecule has 21 heavy (non-hydrogen) atoms. The molecule has 0 aliphatic heterocycles. The van der Waals surface area contributed by atoms with E-state index in [-0.39, 0.29) is 6.42 Å². The Hall–Kier alpha value is -1.73. The molecule has 2 heterocycles. The smallest absolute Gasteiger partial charge is 0.303 e.